The summed E-state index contributed by atoms with van der Waals surface area (Å²) in [7, 11) is 0. The van der Waals surface area contributed by atoms with E-state index in [4.69, 9.17) is 10.2 Å². The van der Waals surface area contributed by atoms with Crippen LogP contribution in [0.3, 0.4) is 0 Å². The van der Waals surface area contributed by atoms with Gasteiger partial charge < -0.3 is 36.5 Å². The molecule has 0 aliphatic heterocycles. The van der Waals surface area contributed by atoms with Gasteiger partial charge in [-0.25, -0.2) is 9.59 Å². The quantitative estimate of drug-likeness (QED) is 0.234. The molecule has 0 heterocycles. The molecular formula is C22H24Br4N2O9. The predicted octanol–water partition coefficient (Wildman–Crippen LogP) is 3.27. The average molecular weight is 780 g/mol. The predicted molar refractivity (Wildman–Crippen MR) is 149 cm³/mol. The lowest BCUT2D eigenvalue weighted by molar-refractivity contribution is -0.141. The minimum absolute atomic E-state index is 0. The third-order valence-corrected chi connectivity index (χ3v) is 6.80. The number of carbonyl (C=O) groups is 4. The summed E-state index contributed by atoms with van der Waals surface area (Å²) in [5.74, 6) is -2.93. The number of benzene rings is 2. The smallest absolute Gasteiger partial charge is 0.326 e. The lowest BCUT2D eigenvalue weighted by Gasteiger charge is -2.14. The number of aromatic hydroxyl groups is 2. The van der Waals surface area contributed by atoms with Gasteiger partial charge in [0.25, 0.3) is 0 Å². The first-order valence-corrected chi connectivity index (χ1v) is 13.1. The molecule has 204 valence electrons. The van der Waals surface area contributed by atoms with Crippen molar-refractivity contribution in [1.29, 1.82) is 0 Å². The first kappa shape index (κ1) is 34.8. The van der Waals surface area contributed by atoms with Crippen LogP contribution in [0, 0.1) is 0 Å². The van der Waals surface area contributed by atoms with Crippen molar-refractivity contribution in [3.63, 3.8) is 0 Å². The van der Waals surface area contributed by atoms with Crippen LogP contribution in [0.1, 0.15) is 25.0 Å². The molecule has 8 N–H and O–H groups in total. The van der Waals surface area contributed by atoms with Gasteiger partial charge in [-0.05, 0) is 99.1 Å². The zero-order chi connectivity index (χ0) is 27.7. The standard InChI is InChI=1S/2C11H11Br2NO4.H2O/c2*1-5(15)14-9(11(17)18)4-6-2-7(12)10(16)8(13)3-6;/h2*2-3,9,16H,4H2,1H3,(H,14,15)(H,17,18);1H2. The van der Waals surface area contributed by atoms with Crippen molar-refractivity contribution < 1.29 is 45.1 Å². The number of hydrogen-bond acceptors (Lipinski definition) is 6. The van der Waals surface area contributed by atoms with Crippen molar-refractivity contribution in [2.24, 2.45) is 0 Å². The number of halogens is 4. The highest BCUT2D eigenvalue weighted by atomic mass is 79.9. The maximum absolute atomic E-state index is 11.0. The molecule has 0 aliphatic rings. The summed E-state index contributed by atoms with van der Waals surface area (Å²) in [6.07, 6.45) is 0.263. The zero-order valence-electron chi connectivity index (χ0n) is 19.3. The second kappa shape index (κ2) is 15.9. The van der Waals surface area contributed by atoms with Crippen LogP contribution in [0.2, 0.25) is 0 Å². The molecule has 0 saturated carbocycles. The fourth-order valence-corrected chi connectivity index (χ4v) is 5.40. The number of carboxylic acid groups (broad SMARTS) is 2. The SMILES string of the molecule is CC(=O)NC(Cc1cc(Br)c(O)c(Br)c1)C(=O)O.CC(=O)NC(Cc1cc(Br)c(O)c(Br)c1)C(=O)O.O. The molecule has 0 fully saturated rings. The van der Waals surface area contributed by atoms with Crippen LogP contribution >= 0.6 is 63.7 Å². The zero-order valence-corrected chi connectivity index (χ0v) is 25.7. The molecule has 0 radical (unpaired) electrons. The number of amides is 2. The van der Waals surface area contributed by atoms with Crippen molar-refractivity contribution in [1.82, 2.24) is 10.6 Å². The van der Waals surface area contributed by atoms with Gasteiger partial charge in [-0.1, -0.05) is 0 Å². The summed E-state index contributed by atoms with van der Waals surface area (Å²) in [5.41, 5.74) is 1.35. The van der Waals surface area contributed by atoms with E-state index in [0.717, 1.165) is 0 Å². The van der Waals surface area contributed by atoms with Crippen LogP contribution in [-0.2, 0) is 32.0 Å². The van der Waals surface area contributed by atoms with E-state index in [2.05, 4.69) is 74.4 Å². The molecule has 0 spiro atoms. The van der Waals surface area contributed by atoms with Crippen LogP contribution < -0.4 is 10.6 Å². The third kappa shape index (κ3) is 11.8. The van der Waals surface area contributed by atoms with E-state index in [1.807, 2.05) is 0 Å². The molecule has 0 bridgehead atoms. The van der Waals surface area contributed by atoms with E-state index in [0.29, 0.717) is 29.0 Å². The summed E-state index contributed by atoms with van der Waals surface area (Å²) in [6, 6.07) is 4.45. The highest BCUT2D eigenvalue weighted by Crippen LogP contribution is 2.34. The number of rotatable bonds is 8. The minimum atomic E-state index is -1.11. The number of nitrogens with one attached hydrogen (secondary N) is 2. The Morgan fingerprint density at radius 3 is 1.11 bits per heavy atom. The maximum atomic E-state index is 11.0. The van der Waals surface area contributed by atoms with Crippen LogP contribution in [-0.4, -0.2) is 61.7 Å². The Morgan fingerprint density at radius 2 is 0.919 bits per heavy atom. The Kier molecular flexibility index (Phi) is 15.0. The van der Waals surface area contributed by atoms with Gasteiger partial charge in [0.1, 0.15) is 23.6 Å². The van der Waals surface area contributed by atoms with E-state index in [9.17, 15) is 29.4 Å². The molecule has 15 heteroatoms. The van der Waals surface area contributed by atoms with Crippen molar-refractivity contribution >= 4 is 87.5 Å². The van der Waals surface area contributed by atoms with Crippen molar-refractivity contribution in [3.8, 4) is 11.5 Å². The topological polar surface area (TPSA) is 205 Å². The van der Waals surface area contributed by atoms with Crippen LogP contribution in [0.15, 0.2) is 42.2 Å². The summed E-state index contributed by atoms with van der Waals surface area (Å²) in [4.78, 5) is 43.8. The first-order valence-electron chi connectivity index (χ1n) is 9.95. The normalized spacial score (nSPS) is 11.6. The van der Waals surface area contributed by atoms with Gasteiger partial charge in [0, 0.05) is 26.7 Å². The van der Waals surface area contributed by atoms with Crippen molar-refractivity contribution in [2.75, 3.05) is 0 Å². The summed E-state index contributed by atoms with van der Waals surface area (Å²) in [6.45, 7) is 2.52. The summed E-state index contributed by atoms with van der Waals surface area (Å²) >= 11 is 12.6. The number of carbonyl (C=O) groups excluding carboxylic acids is 2. The monoisotopic (exact) mass is 776 g/mol. The van der Waals surface area contributed by atoms with Gasteiger partial charge in [0.05, 0.1) is 17.9 Å². The highest BCUT2D eigenvalue weighted by Gasteiger charge is 2.21. The molecule has 2 aromatic rings. The van der Waals surface area contributed by atoms with Gasteiger partial charge in [0.15, 0.2) is 0 Å². The molecule has 2 aromatic carbocycles. The molecule has 2 rings (SSSR count). The number of aliphatic carboxylic acids is 2. The third-order valence-electron chi connectivity index (χ3n) is 4.38. The molecule has 2 amide bonds. The molecular weight excluding hydrogens is 756 g/mol. The second-order valence-electron chi connectivity index (χ2n) is 7.41. The summed E-state index contributed by atoms with van der Waals surface area (Å²) < 4.78 is 1.83. The summed E-state index contributed by atoms with van der Waals surface area (Å²) in [5, 5.41) is 41.8. The van der Waals surface area contributed by atoms with Crippen LogP contribution in [0.5, 0.6) is 11.5 Å². The number of phenols is 2. The van der Waals surface area contributed by atoms with Gasteiger partial charge in [-0.15, -0.1) is 0 Å². The molecule has 0 aliphatic carbocycles. The van der Waals surface area contributed by atoms with Crippen molar-refractivity contribution in [2.45, 2.75) is 38.8 Å². The molecule has 2 unspecified atom stereocenters. The van der Waals surface area contributed by atoms with Gasteiger partial charge in [0.2, 0.25) is 11.8 Å². The molecule has 37 heavy (non-hydrogen) atoms. The largest absolute Gasteiger partial charge is 0.506 e. The van der Waals surface area contributed by atoms with Crippen LogP contribution in [0.25, 0.3) is 0 Å². The van der Waals surface area contributed by atoms with Gasteiger partial charge in [-0.2, -0.15) is 0 Å². The molecule has 11 nitrogen and oxygen atoms in total. The molecule has 0 aromatic heterocycles. The Hall–Kier alpha value is -2.20. The first-order chi connectivity index (χ1) is 16.6. The van der Waals surface area contributed by atoms with E-state index in [1.165, 1.54) is 13.8 Å². The fraction of sp³-hybridized carbons (Fsp3) is 0.273. The van der Waals surface area contributed by atoms with E-state index >= 15 is 0 Å². The number of carboxylic acids is 2. The Bertz CT molecular complexity index is 1030. The Labute approximate surface area is 245 Å². The van der Waals surface area contributed by atoms with Crippen molar-refractivity contribution in [3.05, 3.63) is 53.3 Å². The number of hydrogen-bond donors (Lipinski definition) is 6. The molecule has 2 atom stereocenters. The van der Waals surface area contributed by atoms with E-state index in [-0.39, 0.29) is 29.8 Å². The Balaban J connectivity index is 0.000000682. The lowest BCUT2D eigenvalue weighted by atomic mass is 10.1. The Morgan fingerprint density at radius 1 is 0.676 bits per heavy atom. The van der Waals surface area contributed by atoms with Gasteiger partial charge in [-0.3, -0.25) is 9.59 Å². The second-order valence-corrected chi connectivity index (χ2v) is 10.8. The number of phenolic OH excluding ortho intramolecular Hbond substituents is 2. The lowest BCUT2D eigenvalue weighted by Crippen LogP contribution is -2.41. The highest BCUT2D eigenvalue weighted by molar-refractivity contribution is 9.11. The van der Waals surface area contributed by atoms with Crippen LogP contribution in [0.4, 0.5) is 0 Å². The maximum Gasteiger partial charge on any atom is 0.326 e. The fourth-order valence-electron chi connectivity index (χ4n) is 2.83. The average Bonchev–Trinajstić information content (AvgIpc) is 2.74. The van der Waals surface area contributed by atoms with Gasteiger partial charge >= 0.3 is 11.9 Å². The minimum Gasteiger partial charge on any atom is -0.506 e. The molecule has 0 saturated heterocycles. The van der Waals surface area contributed by atoms with E-state index < -0.39 is 35.8 Å². The van der Waals surface area contributed by atoms with E-state index in [1.54, 1.807) is 24.3 Å².